The summed E-state index contributed by atoms with van der Waals surface area (Å²) >= 11 is 0. The first-order chi connectivity index (χ1) is 9.49. The van der Waals surface area contributed by atoms with Gasteiger partial charge in [0.1, 0.15) is 6.61 Å². The topological polar surface area (TPSA) is 31.2 Å². The van der Waals surface area contributed by atoms with E-state index in [0.29, 0.717) is 17.8 Å². The maximum absolute atomic E-state index is 12.2. The summed E-state index contributed by atoms with van der Waals surface area (Å²) in [6.07, 6.45) is 5.73. The first-order valence-electron chi connectivity index (χ1n) is 7.75. The highest BCUT2D eigenvalue weighted by Gasteiger charge is 2.31. The molecule has 0 saturated heterocycles. The second kappa shape index (κ2) is 6.57. The van der Waals surface area contributed by atoms with E-state index in [9.17, 15) is 4.79 Å². The maximum atomic E-state index is 12.2. The normalized spacial score (nSPS) is 26.9. The van der Waals surface area contributed by atoms with Crippen molar-refractivity contribution in [1.82, 2.24) is 4.57 Å². The average Bonchev–Trinajstić information content (AvgIpc) is 2.82. The highest BCUT2D eigenvalue weighted by molar-refractivity contribution is 5.95. The summed E-state index contributed by atoms with van der Waals surface area (Å²) in [6, 6.07) is 3.75. The molecular weight excluding hydrogens is 250 g/mol. The minimum Gasteiger partial charge on any atom is -0.370 e. The smallest absolute Gasteiger partial charge is 0.204 e. The fourth-order valence-corrected chi connectivity index (χ4v) is 3.31. The summed E-state index contributed by atoms with van der Waals surface area (Å²) in [7, 11) is 1.90. The number of hydrogen-bond donors (Lipinski definition) is 0. The first kappa shape index (κ1) is 15.3. The van der Waals surface area contributed by atoms with Crippen LogP contribution in [0.4, 0.5) is 0 Å². The number of aromatic nitrogens is 1. The molecule has 0 amide bonds. The van der Waals surface area contributed by atoms with Gasteiger partial charge in [-0.1, -0.05) is 27.2 Å². The summed E-state index contributed by atoms with van der Waals surface area (Å²) in [4.78, 5) is 12.2. The van der Waals surface area contributed by atoms with Crippen molar-refractivity contribution in [2.75, 3.05) is 6.61 Å². The van der Waals surface area contributed by atoms with E-state index in [0.717, 1.165) is 12.1 Å². The molecule has 0 aromatic carbocycles. The lowest BCUT2D eigenvalue weighted by Gasteiger charge is -2.37. The van der Waals surface area contributed by atoms with E-state index in [1.165, 1.54) is 12.8 Å². The van der Waals surface area contributed by atoms with Crippen LogP contribution in [0.1, 0.15) is 50.5 Å². The van der Waals surface area contributed by atoms with Crippen molar-refractivity contribution in [3.05, 3.63) is 24.0 Å². The van der Waals surface area contributed by atoms with Crippen molar-refractivity contribution in [2.24, 2.45) is 24.8 Å². The van der Waals surface area contributed by atoms with Crippen LogP contribution in [0.5, 0.6) is 0 Å². The molecule has 1 fully saturated rings. The Labute approximate surface area is 122 Å². The number of ketones is 1. The van der Waals surface area contributed by atoms with Crippen LogP contribution in [0.2, 0.25) is 0 Å². The van der Waals surface area contributed by atoms with Gasteiger partial charge in [0.05, 0.1) is 11.8 Å². The number of ether oxygens (including phenoxy) is 1. The molecule has 1 saturated carbocycles. The fourth-order valence-electron chi connectivity index (χ4n) is 3.31. The Bertz CT molecular complexity index is 450. The molecule has 0 radical (unpaired) electrons. The van der Waals surface area contributed by atoms with Gasteiger partial charge in [-0.15, -0.1) is 0 Å². The number of nitrogens with zero attached hydrogens (tertiary/aromatic N) is 1. The number of hydrogen-bond acceptors (Lipinski definition) is 2. The van der Waals surface area contributed by atoms with Crippen LogP contribution in [0.3, 0.4) is 0 Å². The second-order valence-corrected chi connectivity index (χ2v) is 6.60. The zero-order chi connectivity index (χ0) is 14.7. The van der Waals surface area contributed by atoms with Gasteiger partial charge in [-0.2, -0.15) is 0 Å². The molecule has 1 aromatic rings. The molecule has 0 bridgehead atoms. The average molecular weight is 277 g/mol. The molecule has 1 aromatic heterocycles. The van der Waals surface area contributed by atoms with Gasteiger partial charge < -0.3 is 9.30 Å². The minimum absolute atomic E-state index is 0.0817. The minimum atomic E-state index is 0.0817. The summed E-state index contributed by atoms with van der Waals surface area (Å²) in [5.41, 5.74) is 0.731. The molecule has 3 atom stereocenters. The summed E-state index contributed by atoms with van der Waals surface area (Å²) < 4.78 is 7.86. The predicted octanol–water partition coefficient (Wildman–Crippen LogP) is 3.69. The van der Waals surface area contributed by atoms with Crippen LogP contribution in [-0.4, -0.2) is 23.1 Å². The quantitative estimate of drug-likeness (QED) is 0.769. The van der Waals surface area contributed by atoms with E-state index in [2.05, 4.69) is 20.8 Å². The van der Waals surface area contributed by atoms with Crippen LogP contribution >= 0.6 is 0 Å². The van der Waals surface area contributed by atoms with Crippen molar-refractivity contribution in [2.45, 2.75) is 46.1 Å². The number of carbonyl (C=O) groups excluding carboxylic acids is 1. The second-order valence-electron chi connectivity index (χ2n) is 6.60. The van der Waals surface area contributed by atoms with Crippen molar-refractivity contribution >= 4 is 5.78 Å². The summed E-state index contributed by atoms with van der Waals surface area (Å²) in [5.74, 6) is 2.00. The van der Waals surface area contributed by atoms with Gasteiger partial charge in [0.2, 0.25) is 5.78 Å². The SMILES string of the molecule is CC1CCC(C(C)C)C(OCC(=O)c2cccn2C)C1. The van der Waals surface area contributed by atoms with Crippen LogP contribution < -0.4 is 0 Å². The molecule has 112 valence electrons. The number of aryl methyl sites for hydroxylation is 1. The van der Waals surface area contributed by atoms with E-state index in [1.807, 2.05) is 29.9 Å². The Morgan fingerprint density at radius 2 is 2.20 bits per heavy atom. The van der Waals surface area contributed by atoms with E-state index in [4.69, 9.17) is 4.74 Å². The van der Waals surface area contributed by atoms with Crippen molar-refractivity contribution in [3.63, 3.8) is 0 Å². The van der Waals surface area contributed by atoms with Crippen LogP contribution in [0.25, 0.3) is 0 Å². The molecule has 0 aliphatic heterocycles. The Morgan fingerprint density at radius 1 is 1.45 bits per heavy atom. The van der Waals surface area contributed by atoms with Gasteiger partial charge in [0, 0.05) is 13.2 Å². The molecule has 1 aliphatic carbocycles. The van der Waals surface area contributed by atoms with E-state index < -0.39 is 0 Å². The zero-order valence-electron chi connectivity index (χ0n) is 13.1. The van der Waals surface area contributed by atoms with Gasteiger partial charge in [-0.3, -0.25) is 4.79 Å². The Morgan fingerprint density at radius 3 is 2.80 bits per heavy atom. The first-order valence-corrected chi connectivity index (χ1v) is 7.75. The number of rotatable bonds is 5. The molecule has 0 spiro atoms. The standard InChI is InChI=1S/C17H27NO2/c1-12(2)14-8-7-13(3)10-17(14)20-11-16(19)15-6-5-9-18(15)4/h5-6,9,12-14,17H,7-8,10-11H2,1-4H3. The molecule has 0 N–H and O–H groups in total. The number of carbonyl (C=O) groups is 1. The Balaban J connectivity index is 1.94. The maximum Gasteiger partial charge on any atom is 0.204 e. The van der Waals surface area contributed by atoms with Gasteiger partial charge in [0.25, 0.3) is 0 Å². The highest BCUT2D eigenvalue weighted by Crippen LogP contribution is 2.35. The third-order valence-electron chi connectivity index (χ3n) is 4.62. The van der Waals surface area contributed by atoms with E-state index >= 15 is 0 Å². The molecule has 20 heavy (non-hydrogen) atoms. The molecule has 1 aliphatic rings. The lowest BCUT2D eigenvalue weighted by atomic mass is 9.75. The lowest BCUT2D eigenvalue weighted by Crippen LogP contribution is -2.35. The largest absolute Gasteiger partial charge is 0.370 e. The zero-order valence-corrected chi connectivity index (χ0v) is 13.1. The summed E-state index contributed by atoms with van der Waals surface area (Å²) in [5, 5.41) is 0. The Kier molecular flexibility index (Phi) is 5.03. The monoisotopic (exact) mass is 277 g/mol. The molecule has 1 heterocycles. The van der Waals surface area contributed by atoms with Gasteiger partial charge in [-0.05, 0) is 42.7 Å². The van der Waals surface area contributed by atoms with Gasteiger partial charge in [0.15, 0.2) is 0 Å². The molecular formula is C17H27NO2. The molecule has 3 nitrogen and oxygen atoms in total. The lowest BCUT2D eigenvalue weighted by molar-refractivity contribution is -0.0311. The van der Waals surface area contributed by atoms with E-state index in [-0.39, 0.29) is 18.5 Å². The van der Waals surface area contributed by atoms with Gasteiger partial charge in [-0.25, -0.2) is 0 Å². The van der Waals surface area contributed by atoms with Crippen LogP contribution in [0, 0.1) is 17.8 Å². The predicted molar refractivity (Wildman–Crippen MR) is 80.8 cm³/mol. The highest BCUT2D eigenvalue weighted by atomic mass is 16.5. The van der Waals surface area contributed by atoms with Crippen molar-refractivity contribution in [3.8, 4) is 0 Å². The third kappa shape index (κ3) is 3.51. The van der Waals surface area contributed by atoms with Gasteiger partial charge >= 0.3 is 0 Å². The van der Waals surface area contributed by atoms with Crippen molar-refractivity contribution < 1.29 is 9.53 Å². The molecule has 3 heteroatoms. The molecule has 2 rings (SSSR count). The third-order valence-corrected chi connectivity index (χ3v) is 4.62. The Hall–Kier alpha value is -1.09. The van der Waals surface area contributed by atoms with E-state index in [1.54, 1.807) is 0 Å². The summed E-state index contributed by atoms with van der Waals surface area (Å²) in [6.45, 7) is 7.01. The van der Waals surface area contributed by atoms with Crippen LogP contribution in [-0.2, 0) is 11.8 Å². The number of Topliss-reactive ketones (excluding diaryl/α,β-unsaturated/α-hetero) is 1. The molecule has 3 unspecified atom stereocenters. The van der Waals surface area contributed by atoms with Crippen LogP contribution in [0.15, 0.2) is 18.3 Å². The van der Waals surface area contributed by atoms with Crippen molar-refractivity contribution in [1.29, 1.82) is 0 Å². The fraction of sp³-hybridized carbons (Fsp3) is 0.706.